The lowest BCUT2D eigenvalue weighted by atomic mass is 9.96. The predicted octanol–water partition coefficient (Wildman–Crippen LogP) is 1.35. The molecule has 0 radical (unpaired) electrons. The molecule has 1 fully saturated rings. The molecule has 0 aromatic heterocycles. The van der Waals surface area contributed by atoms with Gasteiger partial charge in [-0.3, -0.25) is 4.79 Å². The van der Waals surface area contributed by atoms with E-state index in [0.29, 0.717) is 18.4 Å². The highest BCUT2D eigenvalue weighted by Gasteiger charge is 2.18. The van der Waals surface area contributed by atoms with Crippen LogP contribution in [0.3, 0.4) is 0 Å². The summed E-state index contributed by atoms with van der Waals surface area (Å²) in [6.07, 6.45) is 5.97. The van der Waals surface area contributed by atoms with Crippen LogP contribution in [0.1, 0.15) is 45.4 Å². The molecule has 1 atom stereocenters. The van der Waals surface area contributed by atoms with Crippen LogP contribution in [0.4, 0.5) is 0 Å². The van der Waals surface area contributed by atoms with Crippen molar-refractivity contribution in [3.63, 3.8) is 0 Å². The molecule has 1 amide bonds. The van der Waals surface area contributed by atoms with Crippen molar-refractivity contribution in [3.8, 4) is 0 Å². The van der Waals surface area contributed by atoms with Crippen LogP contribution in [0.15, 0.2) is 0 Å². The van der Waals surface area contributed by atoms with Gasteiger partial charge in [-0.2, -0.15) is 0 Å². The zero-order chi connectivity index (χ0) is 13.4. The van der Waals surface area contributed by atoms with E-state index in [4.69, 9.17) is 5.73 Å². The van der Waals surface area contributed by atoms with Gasteiger partial charge in [-0.25, -0.2) is 0 Å². The minimum absolute atomic E-state index is 0.222. The lowest BCUT2D eigenvalue weighted by molar-refractivity contribution is -0.122. The van der Waals surface area contributed by atoms with Gasteiger partial charge in [0, 0.05) is 12.5 Å². The van der Waals surface area contributed by atoms with E-state index < -0.39 is 0 Å². The first-order valence-corrected chi connectivity index (χ1v) is 7.33. The van der Waals surface area contributed by atoms with Gasteiger partial charge in [0.25, 0.3) is 0 Å². The molecule has 1 saturated heterocycles. The minimum atomic E-state index is 0.222. The second kappa shape index (κ2) is 8.48. The zero-order valence-electron chi connectivity index (χ0n) is 12.0. The molecule has 0 spiro atoms. The molecule has 1 aliphatic heterocycles. The quantitative estimate of drug-likeness (QED) is 0.722. The largest absolute Gasteiger partial charge is 0.353 e. The Bertz CT molecular complexity index is 237. The van der Waals surface area contributed by atoms with E-state index in [1.165, 1.54) is 0 Å². The molecule has 1 aliphatic rings. The van der Waals surface area contributed by atoms with E-state index in [-0.39, 0.29) is 5.91 Å². The molecular weight excluding hydrogens is 226 g/mol. The standard InChI is InChI=1S/C14H29N3O/c1-3-12(6-9-15)4-5-14(18)16-13-7-10-17(2)11-8-13/h12-13H,3-11,15H2,1-2H3,(H,16,18). The monoisotopic (exact) mass is 255 g/mol. The Kier molecular flexibility index (Phi) is 7.28. The van der Waals surface area contributed by atoms with Crippen molar-refractivity contribution in [2.45, 2.75) is 51.5 Å². The van der Waals surface area contributed by atoms with Gasteiger partial charge in [0.15, 0.2) is 0 Å². The van der Waals surface area contributed by atoms with E-state index in [1.54, 1.807) is 0 Å². The molecule has 0 aromatic carbocycles. The highest BCUT2D eigenvalue weighted by Crippen LogP contribution is 2.15. The van der Waals surface area contributed by atoms with E-state index in [1.807, 2.05) is 0 Å². The van der Waals surface area contributed by atoms with Crippen molar-refractivity contribution < 1.29 is 4.79 Å². The molecule has 0 saturated carbocycles. The summed E-state index contributed by atoms with van der Waals surface area (Å²) in [5, 5.41) is 3.16. The average Bonchev–Trinajstić information content (AvgIpc) is 2.37. The number of nitrogens with two attached hydrogens (primary N) is 1. The summed E-state index contributed by atoms with van der Waals surface area (Å²) in [7, 11) is 2.14. The highest BCUT2D eigenvalue weighted by molar-refractivity contribution is 5.76. The fourth-order valence-corrected chi connectivity index (χ4v) is 2.58. The maximum atomic E-state index is 11.9. The smallest absolute Gasteiger partial charge is 0.220 e. The molecule has 1 unspecified atom stereocenters. The maximum absolute atomic E-state index is 11.9. The van der Waals surface area contributed by atoms with Crippen LogP contribution in [0.2, 0.25) is 0 Å². The van der Waals surface area contributed by atoms with Crippen LogP contribution in [0.5, 0.6) is 0 Å². The number of carbonyl (C=O) groups excluding carboxylic acids is 1. The fourth-order valence-electron chi connectivity index (χ4n) is 2.58. The molecule has 106 valence electrons. The normalized spacial score (nSPS) is 19.7. The third-order valence-electron chi connectivity index (χ3n) is 4.02. The predicted molar refractivity (Wildman–Crippen MR) is 75.3 cm³/mol. The summed E-state index contributed by atoms with van der Waals surface area (Å²) in [5.41, 5.74) is 5.57. The molecule has 0 aliphatic carbocycles. The summed E-state index contributed by atoms with van der Waals surface area (Å²) < 4.78 is 0. The number of nitrogens with zero attached hydrogens (tertiary/aromatic N) is 1. The van der Waals surface area contributed by atoms with Gasteiger partial charge in [-0.1, -0.05) is 13.3 Å². The maximum Gasteiger partial charge on any atom is 0.220 e. The third kappa shape index (κ3) is 5.83. The Morgan fingerprint density at radius 3 is 2.61 bits per heavy atom. The number of piperidine rings is 1. The second-order valence-electron chi connectivity index (χ2n) is 5.54. The van der Waals surface area contributed by atoms with Crippen molar-refractivity contribution in [3.05, 3.63) is 0 Å². The van der Waals surface area contributed by atoms with Crippen LogP contribution in [0, 0.1) is 5.92 Å². The molecule has 4 heteroatoms. The Morgan fingerprint density at radius 2 is 2.06 bits per heavy atom. The Balaban J connectivity index is 2.16. The molecule has 0 aromatic rings. The van der Waals surface area contributed by atoms with Crippen molar-refractivity contribution in [1.29, 1.82) is 0 Å². The number of likely N-dealkylation sites (tertiary alicyclic amines) is 1. The van der Waals surface area contributed by atoms with Crippen LogP contribution in [0.25, 0.3) is 0 Å². The van der Waals surface area contributed by atoms with Gasteiger partial charge >= 0.3 is 0 Å². The van der Waals surface area contributed by atoms with Crippen molar-refractivity contribution >= 4 is 5.91 Å². The average molecular weight is 255 g/mol. The lowest BCUT2D eigenvalue weighted by Crippen LogP contribution is -2.43. The molecule has 4 nitrogen and oxygen atoms in total. The molecule has 18 heavy (non-hydrogen) atoms. The molecular formula is C14H29N3O. The number of carbonyl (C=O) groups is 1. The van der Waals surface area contributed by atoms with Gasteiger partial charge in [0.2, 0.25) is 5.91 Å². The van der Waals surface area contributed by atoms with Gasteiger partial charge in [0.05, 0.1) is 0 Å². The molecule has 1 rings (SSSR count). The summed E-state index contributed by atoms with van der Waals surface area (Å²) in [6, 6.07) is 0.392. The SMILES string of the molecule is CCC(CCN)CCC(=O)NC1CCN(C)CC1. The number of rotatable bonds is 7. The number of hydrogen-bond donors (Lipinski definition) is 2. The van der Waals surface area contributed by atoms with E-state index in [9.17, 15) is 4.79 Å². The van der Waals surface area contributed by atoms with Crippen LogP contribution in [-0.4, -0.2) is 43.5 Å². The summed E-state index contributed by atoms with van der Waals surface area (Å²) in [6.45, 7) is 5.09. The number of nitrogens with one attached hydrogen (secondary N) is 1. The number of hydrogen-bond acceptors (Lipinski definition) is 3. The van der Waals surface area contributed by atoms with Crippen LogP contribution in [-0.2, 0) is 4.79 Å². The van der Waals surface area contributed by atoms with Crippen LogP contribution >= 0.6 is 0 Å². The summed E-state index contributed by atoms with van der Waals surface area (Å²) >= 11 is 0. The molecule has 1 heterocycles. The van der Waals surface area contributed by atoms with Gasteiger partial charge in [-0.05, 0) is 58.3 Å². The molecule has 3 N–H and O–H groups in total. The summed E-state index contributed by atoms with van der Waals surface area (Å²) in [4.78, 5) is 14.2. The van der Waals surface area contributed by atoms with Crippen LogP contribution < -0.4 is 11.1 Å². The highest BCUT2D eigenvalue weighted by atomic mass is 16.1. The van der Waals surface area contributed by atoms with Gasteiger partial charge < -0.3 is 16.0 Å². The fraction of sp³-hybridized carbons (Fsp3) is 0.929. The summed E-state index contributed by atoms with van der Waals surface area (Å²) in [5.74, 6) is 0.832. The van der Waals surface area contributed by atoms with Crippen molar-refractivity contribution in [1.82, 2.24) is 10.2 Å². The molecule has 0 bridgehead atoms. The third-order valence-corrected chi connectivity index (χ3v) is 4.02. The Labute approximate surface area is 111 Å². The Morgan fingerprint density at radius 1 is 1.39 bits per heavy atom. The first-order chi connectivity index (χ1) is 8.65. The van der Waals surface area contributed by atoms with E-state index in [0.717, 1.165) is 51.7 Å². The first-order valence-electron chi connectivity index (χ1n) is 7.33. The lowest BCUT2D eigenvalue weighted by Gasteiger charge is -2.29. The van der Waals surface area contributed by atoms with E-state index >= 15 is 0 Å². The Hall–Kier alpha value is -0.610. The van der Waals surface area contributed by atoms with Gasteiger partial charge in [-0.15, -0.1) is 0 Å². The van der Waals surface area contributed by atoms with Gasteiger partial charge in [0.1, 0.15) is 0 Å². The van der Waals surface area contributed by atoms with Crippen molar-refractivity contribution in [2.24, 2.45) is 11.7 Å². The zero-order valence-corrected chi connectivity index (χ0v) is 12.0. The van der Waals surface area contributed by atoms with Crippen molar-refractivity contribution in [2.75, 3.05) is 26.7 Å². The van der Waals surface area contributed by atoms with E-state index in [2.05, 4.69) is 24.2 Å². The number of amides is 1. The minimum Gasteiger partial charge on any atom is -0.353 e. The second-order valence-corrected chi connectivity index (χ2v) is 5.54. The topological polar surface area (TPSA) is 58.4 Å². The first kappa shape index (κ1) is 15.4.